The van der Waals surface area contributed by atoms with Crippen molar-refractivity contribution < 1.29 is 23.9 Å². The maximum atomic E-state index is 13.1. The van der Waals surface area contributed by atoms with E-state index in [0.29, 0.717) is 24.3 Å². The van der Waals surface area contributed by atoms with Crippen molar-refractivity contribution in [2.24, 2.45) is 0 Å². The zero-order valence-corrected chi connectivity index (χ0v) is 25.6. The van der Waals surface area contributed by atoms with Gasteiger partial charge in [-0.15, -0.1) is 0 Å². The third kappa shape index (κ3) is 5.11. The molecule has 3 aliphatic rings. The van der Waals surface area contributed by atoms with Gasteiger partial charge in [-0.25, -0.2) is 0 Å². The first-order valence-electron chi connectivity index (χ1n) is 14.5. The highest BCUT2D eigenvalue weighted by molar-refractivity contribution is 6.59. The van der Waals surface area contributed by atoms with Crippen molar-refractivity contribution in [1.82, 2.24) is 15.1 Å². The molecule has 0 bridgehead atoms. The summed E-state index contributed by atoms with van der Waals surface area (Å²) in [5.41, 5.74) is 3.57. The SMILES string of the molecule is BC1(B)OC(B)(B)C(B)(B)N(Cc2ccc(COc3cccc4c3CN(C3CCC(=O)NC3=O)C4=O)cc2)C1(B)B. The third-order valence-corrected chi connectivity index (χ3v) is 10.1. The van der Waals surface area contributed by atoms with Gasteiger partial charge in [0.1, 0.15) is 81.2 Å². The predicted octanol–water partition coefficient (Wildman–Crippen LogP) is -6.46. The van der Waals surface area contributed by atoms with Gasteiger partial charge in [-0.3, -0.25) is 19.7 Å². The summed E-state index contributed by atoms with van der Waals surface area (Å²) in [6.07, 6.45) is 0.562. The lowest BCUT2D eigenvalue weighted by atomic mass is 9.30. The Labute approximate surface area is 249 Å². The number of hydrogen-bond acceptors (Lipinski definition) is 6. The van der Waals surface area contributed by atoms with Gasteiger partial charge in [0.05, 0.1) is 6.54 Å². The smallest absolute Gasteiger partial charge is 0.255 e. The van der Waals surface area contributed by atoms with Crippen LogP contribution < -0.4 is 10.1 Å². The van der Waals surface area contributed by atoms with Gasteiger partial charge in [-0.2, -0.15) is 0 Å². The van der Waals surface area contributed by atoms with E-state index in [0.717, 1.165) is 17.7 Å². The number of nitrogens with zero attached hydrogens (tertiary/aromatic N) is 2. The minimum atomic E-state index is -0.648. The summed E-state index contributed by atoms with van der Waals surface area (Å²) >= 11 is 0. The second-order valence-corrected chi connectivity index (χ2v) is 13.6. The van der Waals surface area contributed by atoms with Gasteiger partial charge < -0.3 is 19.3 Å². The molecule has 204 valence electrons. The van der Waals surface area contributed by atoms with E-state index in [-0.39, 0.29) is 46.3 Å². The van der Waals surface area contributed by atoms with E-state index < -0.39 is 11.9 Å². The van der Waals surface area contributed by atoms with Gasteiger partial charge in [0.25, 0.3) is 5.91 Å². The minimum absolute atomic E-state index is 0.194. The fraction of sp³-hybridized carbons (Fsp3) is 0.400. The second-order valence-electron chi connectivity index (χ2n) is 13.6. The maximum Gasteiger partial charge on any atom is 0.255 e. The average Bonchev–Trinajstić information content (AvgIpc) is 3.21. The molecule has 16 heteroatoms. The van der Waals surface area contributed by atoms with Crippen LogP contribution in [0, 0.1) is 0 Å². The fourth-order valence-electron chi connectivity index (χ4n) is 6.41. The molecule has 8 nitrogen and oxygen atoms in total. The molecule has 3 aliphatic heterocycles. The Morgan fingerprint density at radius 2 is 1.49 bits per heavy atom. The molecule has 0 aromatic heterocycles. The molecular formula is C25H35B8N3O5. The summed E-state index contributed by atoms with van der Waals surface area (Å²) in [7, 11) is 17.7. The number of piperidine rings is 1. The van der Waals surface area contributed by atoms with Gasteiger partial charge in [-0.05, 0) is 40.4 Å². The Kier molecular flexibility index (Phi) is 7.43. The van der Waals surface area contributed by atoms with Crippen LogP contribution in [0.25, 0.3) is 0 Å². The van der Waals surface area contributed by atoms with Crippen molar-refractivity contribution in [3.63, 3.8) is 0 Å². The number of imide groups is 1. The van der Waals surface area contributed by atoms with Crippen molar-refractivity contribution in [2.75, 3.05) is 0 Å². The Bertz CT molecular complexity index is 1380. The molecule has 3 amide bonds. The van der Waals surface area contributed by atoms with Crippen molar-refractivity contribution in [1.29, 1.82) is 0 Å². The molecular weight excluding hydrogens is 509 g/mol. The van der Waals surface area contributed by atoms with Gasteiger partial charge in [0, 0.05) is 34.9 Å². The summed E-state index contributed by atoms with van der Waals surface area (Å²) in [6, 6.07) is 13.3. The number of benzene rings is 2. The van der Waals surface area contributed by atoms with E-state index in [4.69, 9.17) is 9.47 Å². The molecule has 1 N–H and O–H groups in total. The van der Waals surface area contributed by atoms with Crippen molar-refractivity contribution in [3.8, 4) is 5.75 Å². The first-order chi connectivity index (χ1) is 19.0. The molecule has 2 aromatic carbocycles. The molecule has 41 heavy (non-hydrogen) atoms. The van der Waals surface area contributed by atoms with Crippen LogP contribution in [0.3, 0.4) is 0 Å². The fourth-order valence-corrected chi connectivity index (χ4v) is 6.41. The zero-order valence-electron chi connectivity index (χ0n) is 25.6. The van der Waals surface area contributed by atoms with Crippen LogP contribution in [0.2, 0.25) is 0 Å². The number of nitrogens with one attached hydrogen (secondary N) is 1. The highest BCUT2D eigenvalue weighted by Crippen LogP contribution is 2.41. The lowest BCUT2D eigenvalue weighted by Gasteiger charge is -2.68. The normalized spacial score (nSPS) is 24.4. The molecule has 1 atom stereocenters. The van der Waals surface area contributed by atoms with E-state index in [1.807, 2.05) is 6.07 Å². The highest BCUT2D eigenvalue weighted by Gasteiger charge is 2.58. The van der Waals surface area contributed by atoms with Gasteiger partial charge in [0.2, 0.25) is 11.8 Å². The quantitative estimate of drug-likeness (QED) is 0.288. The Morgan fingerprint density at radius 1 is 0.878 bits per heavy atom. The first kappa shape index (κ1) is 29.8. The molecule has 3 heterocycles. The number of carbonyl (C=O) groups excluding carboxylic acids is 3. The Morgan fingerprint density at radius 3 is 2.10 bits per heavy atom. The Balaban J connectivity index is 1.28. The summed E-state index contributed by atoms with van der Waals surface area (Å²) in [5, 5.41) is 1.31. The van der Waals surface area contributed by atoms with Crippen molar-refractivity contribution in [2.45, 2.75) is 60.1 Å². The van der Waals surface area contributed by atoms with Gasteiger partial charge in [-0.1, -0.05) is 30.3 Å². The first-order valence-corrected chi connectivity index (χ1v) is 14.5. The van der Waals surface area contributed by atoms with E-state index in [2.05, 4.69) is 97.3 Å². The predicted molar refractivity (Wildman–Crippen MR) is 179 cm³/mol. The second kappa shape index (κ2) is 10.2. The van der Waals surface area contributed by atoms with Crippen LogP contribution in [0.1, 0.15) is 39.9 Å². The maximum absolute atomic E-state index is 13.1. The molecule has 0 saturated carbocycles. The summed E-state index contributed by atoms with van der Waals surface area (Å²) in [5.74, 6) is -0.280. The van der Waals surface area contributed by atoms with Crippen LogP contribution in [-0.4, -0.2) is 118 Å². The van der Waals surface area contributed by atoms with Crippen LogP contribution in [0.4, 0.5) is 0 Å². The molecule has 2 aromatic rings. The molecule has 0 radical (unpaired) electrons. The third-order valence-electron chi connectivity index (χ3n) is 10.1. The summed E-state index contributed by atoms with van der Waals surface area (Å²) in [6.45, 7) is 1.44. The largest absolute Gasteiger partial charge is 0.489 e. The number of morpholine rings is 1. The lowest BCUT2D eigenvalue weighted by molar-refractivity contribution is -0.136. The number of ether oxygens (including phenoxy) is 2. The molecule has 1 unspecified atom stereocenters. The molecule has 2 fully saturated rings. The number of hydrogen-bond donors (Lipinski definition) is 1. The summed E-state index contributed by atoms with van der Waals surface area (Å²) < 4.78 is 12.8. The molecule has 5 rings (SSSR count). The summed E-state index contributed by atoms with van der Waals surface area (Å²) in [4.78, 5) is 41.2. The standard InChI is InChI=1S/C25H35B8N3O5/c26-22(27)24(30,31)41-25(32,33)23(28,29)36(22)10-13-4-6-14(7-5-13)12-40-18-3-1-2-15-16(18)11-35(21(15)39)17-8-9-19(37)34-20(17)38/h1-7,17H,8-12,26-33H2,(H,34,37,38). The average molecular weight is 544 g/mol. The minimum Gasteiger partial charge on any atom is -0.489 e. The van der Waals surface area contributed by atoms with Crippen LogP contribution in [0.5, 0.6) is 5.75 Å². The molecule has 0 aliphatic carbocycles. The van der Waals surface area contributed by atoms with E-state index >= 15 is 0 Å². The van der Waals surface area contributed by atoms with Crippen molar-refractivity contribution in [3.05, 3.63) is 64.7 Å². The monoisotopic (exact) mass is 545 g/mol. The van der Waals surface area contributed by atoms with E-state index in [1.165, 1.54) is 5.56 Å². The number of rotatable bonds is 6. The van der Waals surface area contributed by atoms with Gasteiger partial charge >= 0.3 is 0 Å². The van der Waals surface area contributed by atoms with Crippen LogP contribution in [-0.2, 0) is 34.0 Å². The Hall–Kier alpha value is -2.71. The number of carbonyl (C=O) groups is 3. The van der Waals surface area contributed by atoms with E-state index in [1.54, 1.807) is 17.0 Å². The molecule has 2 saturated heterocycles. The topological polar surface area (TPSA) is 88.2 Å². The number of fused-ring (bicyclic) bond motifs is 1. The zero-order chi connectivity index (χ0) is 30.0. The van der Waals surface area contributed by atoms with Crippen LogP contribution in [0.15, 0.2) is 42.5 Å². The molecule has 0 spiro atoms. The van der Waals surface area contributed by atoms with Crippen LogP contribution >= 0.6 is 0 Å². The van der Waals surface area contributed by atoms with E-state index in [9.17, 15) is 14.4 Å². The van der Waals surface area contributed by atoms with Gasteiger partial charge in [0.15, 0.2) is 0 Å². The highest BCUT2D eigenvalue weighted by atomic mass is 16.5. The lowest BCUT2D eigenvalue weighted by Crippen LogP contribution is -2.85. The number of amides is 3. The van der Waals surface area contributed by atoms with Crippen molar-refractivity contribution >= 4 is 80.5 Å².